The van der Waals surface area contributed by atoms with E-state index in [9.17, 15) is 19.2 Å². The molecular formula is C13H20NaO8. The van der Waals surface area contributed by atoms with Crippen molar-refractivity contribution in [3.63, 3.8) is 0 Å². The maximum atomic E-state index is 11.3. The molecule has 0 aromatic rings. The summed E-state index contributed by atoms with van der Waals surface area (Å²) in [7, 11) is 0. The summed E-state index contributed by atoms with van der Waals surface area (Å²) < 4.78 is 9.57. The number of ether oxygens (including phenoxy) is 2. The Labute approximate surface area is 150 Å². The second kappa shape index (κ2) is 13.5. The first kappa shape index (κ1) is 23.2. The third kappa shape index (κ3) is 15.3. The average molecular weight is 327 g/mol. The van der Waals surface area contributed by atoms with Gasteiger partial charge in [-0.3, -0.25) is 19.2 Å². The summed E-state index contributed by atoms with van der Waals surface area (Å²) in [6.07, 6.45) is -0.889. The summed E-state index contributed by atoms with van der Waals surface area (Å²) in [6.45, 7) is 3.25. The van der Waals surface area contributed by atoms with E-state index in [1.807, 2.05) is 0 Å². The van der Waals surface area contributed by atoms with Crippen LogP contribution in [-0.4, -0.2) is 76.4 Å². The second-order valence-electron chi connectivity index (χ2n) is 4.29. The van der Waals surface area contributed by atoms with E-state index in [0.29, 0.717) is 0 Å². The summed E-state index contributed by atoms with van der Waals surface area (Å²) in [6, 6.07) is 0. The number of carboxylic acids is 2. The molecule has 0 spiro atoms. The first-order chi connectivity index (χ1) is 9.81. The molecule has 2 N–H and O–H groups in total. The van der Waals surface area contributed by atoms with Gasteiger partial charge in [0.2, 0.25) is 0 Å². The zero-order valence-electron chi connectivity index (χ0n) is 11.6. The fourth-order valence-electron chi connectivity index (χ4n) is 1.30. The van der Waals surface area contributed by atoms with Gasteiger partial charge in [-0.25, -0.2) is 0 Å². The zero-order valence-corrected chi connectivity index (χ0v) is 11.6. The Bertz CT molecular complexity index is 382. The van der Waals surface area contributed by atoms with Crippen LogP contribution in [0.25, 0.3) is 0 Å². The van der Waals surface area contributed by atoms with Crippen LogP contribution in [-0.2, 0) is 28.7 Å². The molecule has 0 saturated heterocycles. The van der Waals surface area contributed by atoms with E-state index in [4.69, 9.17) is 19.7 Å². The first-order valence-corrected chi connectivity index (χ1v) is 6.43. The topological polar surface area (TPSA) is 127 Å². The summed E-state index contributed by atoms with van der Waals surface area (Å²) in [4.78, 5) is 43.0. The molecule has 0 aliphatic carbocycles. The molecule has 9 heteroatoms. The third-order valence-corrected chi connectivity index (χ3v) is 2.27. The SMILES string of the molecule is [CH2]C(COC(=O)CCCC(=O)O)OC(=O)CCCC(=O)O.[NaH]. The number of esters is 2. The normalized spacial score (nSPS) is 11.0. The van der Waals surface area contributed by atoms with Crippen LogP contribution < -0.4 is 0 Å². The Balaban J connectivity index is 0. The fourth-order valence-corrected chi connectivity index (χ4v) is 1.30. The van der Waals surface area contributed by atoms with E-state index < -0.39 is 30.0 Å². The van der Waals surface area contributed by atoms with E-state index >= 15 is 0 Å². The quantitative estimate of drug-likeness (QED) is 0.405. The van der Waals surface area contributed by atoms with Crippen LogP contribution >= 0.6 is 0 Å². The van der Waals surface area contributed by atoms with Crippen LogP contribution in [0.5, 0.6) is 0 Å². The molecule has 1 radical (unpaired) electrons. The van der Waals surface area contributed by atoms with Gasteiger partial charge in [0, 0.05) is 25.7 Å². The predicted molar refractivity (Wildman–Crippen MR) is 76.3 cm³/mol. The number of carbonyl (C=O) groups is 4. The van der Waals surface area contributed by atoms with E-state index in [-0.39, 0.29) is 74.7 Å². The van der Waals surface area contributed by atoms with Crippen LogP contribution in [0.3, 0.4) is 0 Å². The second-order valence-corrected chi connectivity index (χ2v) is 4.29. The molecule has 22 heavy (non-hydrogen) atoms. The van der Waals surface area contributed by atoms with E-state index in [2.05, 4.69) is 6.92 Å². The molecule has 0 aromatic carbocycles. The molecule has 121 valence electrons. The summed E-state index contributed by atoms with van der Waals surface area (Å²) in [5.41, 5.74) is 0. The predicted octanol–water partition coefficient (Wildman–Crippen LogP) is 0.137. The average Bonchev–Trinajstić information content (AvgIpc) is 2.35. The van der Waals surface area contributed by atoms with Crippen molar-refractivity contribution in [1.29, 1.82) is 0 Å². The number of carboxylic acid groups (broad SMARTS) is 2. The van der Waals surface area contributed by atoms with Crippen molar-refractivity contribution in [2.45, 2.75) is 44.6 Å². The standard InChI is InChI=1S/C13H19O8.Na.H/c1-9(21-13(19)7-3-5-11(16)17)8-20-12(18)6-2-4-10(14)15;;/h9H,1-8H2,(H,14,15)(H,16,17);;. The van der Waals surface area contributed by atoms with E-state index in [0.717, 1.165) is 0 Å². The molecule has 0 heterocycles. The molecule has 0 amide bonds. The number of carbonyl (C=O) groups excluding carboxylic acids is 2. The van der Waals surface area contributed by atoms with E-state index in [1.165, 1.54) is 0 Å². The van der Waals surface area contributed by atoms with Crippen LogP contribution in [0.2, 0.25) is 0 Å². The van der Waals surface area contributed by atoms with Crippen molar-refractivity contribution in [2.24, 2.45) is 0 Å². The van der Waals surface area contributed by atoms with Crippen molar-refractivity contribution in [3.05, 3.63) is 6.92 Å². The van der Waals surface area contributed by atoms with Crippen molar-refractivity contribution >= 4 is 53.4 Å². The van der Waals surface area contributed by atoms with Crippen LogP contribution in [0.1, 0.15) is 38.5 Å². The Hall–Kier alpha value is -1.12. The molecule has 8 nitrogen and oxygen atoms in total. The molecular weight excluding hydrogens is 307 g/mol. The summed E-state index contributed by atoms with van der Waals surface area (Å²) >= 11 is 0. The van der Waals surface area contributed by atoms with Crippen molar-refractivity contribution < 1.29 is 38.9 Å². The van der Waals surface area contributed by atoms with Crippen molar-refractivity contribution in [3.8, 4) is 0 Å². The molecule has 0 rings (SSSR count). The molecule has 0 fully saturated rings. The third-order valence-electron chi connectivity index (χ3n) is 2.27. The van der Waals surface area contributed by atoms with Gasteiger partial charge in [0.1, 0.15) is 12.7 Å². The number of hydrogen-bond donors (Lipinski definition) is 2. The zero-order chi connectivity index (χ0) is 16.3. The molecule has 0 aromatic heterocycles. The summed E-state index contributed by atoms with van der Waals surface area (Å²) in [5.74, 6) is -3.19. The summed E-state index contributed by atoms with van der Waals surface area (Å²) in [5, 5.41) is 16.8. The van der Waals surface area contributed by atoms with Gasteiger partial charge in [-0.05, 0) is 19.8 Å². The minimum absolute atomic E-state index is 0. The Kier molecular flexibility index (Phi) is 14.2. The van der Waals surface area contributed by atoms with Gasteiger partial charge < -0.3 is 19.7 Å². The van der Waals surface area contributed by atoms with Crippen molar-refractivity contribution in [2.75, 3.05) is 6.61 Å². The minimum atomic E-state index is -0.996. The molecule has 0 bridgehead atoms. The molecule has 0 saturated carbocycles. The molecule has 1 unspecified atom stereocenters. The van der Waals surface area contributed by atoms with Crippen LogP contribution in [0.4, 0.5) is 0 Å². The van der Waals surface area contributed by atoms with Gasteiger partial charge in [0.15, 0.2) is 0 Å². The van der Waals surface area contributed by atoms with Gasteiger partial charge in [0.25, 0.3) is 0 Å². The maximum absolute atomic E-state index is 11.3. The molecule has 0 aliphatic heterocycles. The number of hydrogen-bond acceptors (Lipinski definition) is 6. The number of aliphatic carboxylic acids is 2. The van der Waals surface area contributed by atoms with Crippen LogP contribution in [0.15, 0.2) is 0 Å². The first-order valence-electron chi connectivity index (χ1n) is 6.43. The van der Waals surface area contributed by atoms with Gasteiger partial charge in [-0.15, -0.1) is 0 Å². The Morgan fingerprint density at radius 3 is 1.77 bits per heavy atom. The Morgan fingerprint density at radius 1 is 0.864 bits per heavy atom. The van der Waals surface area contributed by atoms with Gasteiger partial charge in [-0.2, -0.15) is 0 Å². The monoisotopic (exact) mass is 327 g/mol. The van der Waals surface area contributed by atoms with Crippen LogP contribution in [0, 0.1) is 6.92 Å². The molecule has 0 aliphatic rings. The molecule has 1 atom stereocenters. The Morgan fingerprint density at radius 2 is 1.32 bits per heavy atom. The number of rotatable bonds is 11. The van der Waals surface area contributed by atoms with Gasteiger partial charge in [-0.1, -0.05) is 0 Å². The van der Waals surface area contributed by atoms with Gasteiger partial charge >= 0.3 is 53.4 Å². The van der Waals surface area contributed by atoms with Gasteiger partial charge in [0.05, 0.1) is 0 Å². The van der Waals surface area contributed by atoms with Crippen molar-refractivity contribution in [1.82, 2.24) is 0 Å². The van der Waals surface area contributed by atoms with E-state index in [1.54, 1.807) is 0 Å². The fraction of sp³-hybridized carbons (Fsp3) is 0.615.